The Balaban J connectivity index is 2.01. The van der Waals surface area contributed by atoms with Gasteiger partial charge >= 0.3 is 0 Å². The summed E-state index contributed by atoms with van der Waals surface area (Å²) in [5.41, 5.74) is 4.05. The number of hydrogen-bond donors (Lipinski definition) is 3. The lowest BCUT2D eigenvalue weighted by Crippen LogP contribution is -2.14. The molecule has 0 heterocycles. The summed E-state index contributed by atoms with van der Waals surface area (Å²) in [6.07, 6.45) is 2.83. The fourth-order valence-electron chi connectivity index (χ4n) is 1.82. The summed E-state index contributed by atoms with van der Waals surface area (Å²) in [6.45, 7) is 0.539. The highest BCUT2D eigenvalue weighted by atomic mass is 19.1. The van der Waals surface area contributed by atoms with Gasteiger partial charge in [0.25, 0.3) is 5.91 Å². The molecule has 2 aromatic rings. The van der Waals surface area contributed by atoms with Gasteiger partial charge in [0.15, 0.2) is 0 Å². The van der Waals surface area contributed by atoms with E-state index >= 15 is 0 Å². The molecule has 108 valence electrons. The second-order valence-electron chi connectivity index (χ2n) is 4.42. The van der Waals surface area contributed by atoms with E-state index in [2.05, 4.69) is 5.32 Å². The zero-order chi connectivity index (χ0) is 15.1. The second-order valence-corrected chi connectivity index (χ2v) is 4.42. The van der Waals surface area contributed by atoms with E-state index in [0.717, 1.165) is 11.1 Å². The van der Waals surface area contributed by atoms with Crippen LogP contribution in [0.15, 0.2) is 54.6 Å². The van der Waals surface area contributed by atoms with Crippen molar-refractivity contribution in [1.82, 2.24) is 5.48 Å². The Kier molecular flexibility index (Phi) is 5.06. The molecule has 0 unspecified atom stereocenters. The normalized spacial score (nSPS) is 10.6. The molecule has 0 fully saturated rings. The number of hydroxylamine groups is 1. The molecule has 0 bridgehead atoms. The van der Waals surface area contributed by atoms with Crippen molar-refractivity contribution < 1.29 is 14.4 Å². The summed E-state index contributed by atoms with van der Waals surface area (Å²) in [4.78, 5) is 10.9. The van der Waals surface area contributed by atoms with E-state index in [1.54, 1.807) is 18.2 Å². The fraction of sp³-hybridized carbons (Fsp3) is 0.0625. The summed E-state index contributed by atoms with van der Waals surface area (Å²) in [5.74, 6) is -0.870. The Labute approximate surface area is 121 Å². The molecular weight excluding hydrogens is 271 g/mol. The quantitative estimate of drug-likeness (QED) is 0.450. The number of rotatable bonds is 5. The van der Waals surface area contributed by atoms with Crippen LogP contribution in [0.4, 0.5) is 10.1 Å². The highest BCUT2D eigenvalue weighted by Crippen LogP contribution is 2.12. The third-order valence-corrected chi connectivity index (χ3v) is 2.81. The van der Waals surface area contributed by atoms with Gasteiger partial charge in [-0.3, -0.25) is 10.0 Å². The summed E-state index contributed by atoms with van der Waals surface area (Å²) in [5, 5.41) is 11.5. The van der Waals surface area contributed by atoms with Gasteiger partial charge in [-0.1, -0.05) is 24.3 Å². The van der Waals surface area contributed by atoms with E-state index in [9.17, 15) is 9.18 Å². The highest BCUT2D eigenvalue weighted by Gasteiger charge is 1.97. The molecule has 1 amide bonds. The topological polar surface area (TPSA) is 61.4 Å². The number of benzene rings is 2. The lowest BCUT2D eigenvalue weighted by molar-refractivity contribution is -0.124. The standard InChI is InChI=1S/C16H15FN2O2/c17-14-5-2-6-15(10-14)18-11-13-4-1-3-12(9-13)7-8-16(20)19-21/h1-10,18,21H,11H2,(H,19,20)/b8-7+. The maximum Gasteiger partial charge on any atom is 0.267 e. The van der Waals surface area contributed by atoms with E-state index in [-0.39, 0.29) is 5.82 Å². The van der Waals surface area contributed by atoms with Crippen LogP contribution >= 0.6 is 0 Å². The Morgan fingerprint density at radius 2 is 2.00 bits per heavy atom. The molecular formula is C16H15FN2O2. The average Bonchev–Trinajstić information content (AvgIpc) is 2.51. The molecule has 0 aromatic heterocycles. The molecule has 5 heteroatoms. The van der Waals surface area contributed by atoms with Crippen molar-refractivity contribution in [3.05, 3.63) is 71.6 Å². The third kappa shape index (κ3) is 4.74. The Morgan fingerprint density at radius 1 is 1.19 bits per heavy atom. The van der Waals surface area contributed by atoms with Gasteiger partial charge in [-0.25, -0.2) is 9.87 Å². The van der Waals surface area contributed by atoms with Crippen LogP contribution in [0.1, 0.15) is 11.1 Å². The minimum atomic E-state index is -0.585. The van der Waals surface area contributed by atoms with Crippen molar-refractivity contribution in [2.45, 2.75) is 6.54 Å². The maximum atomic E-state index is 13.1. The molecule has 3 N–H and O–H groups in total. The van der Waals surface area contributed by atoms with Crippen molar-refractivity contribution >= 4 is 17.7 Å². The van der Waals surface area contributed by atoms with Gasteiger partial charge in [-0.15, -0.1) is 0 Å². The number of hydrogen-bond acceptors (Lipinski definition) is 3. The lowest BCUT2D eigenvalue weighted by atomic mass is 10.1. The first kappa shape index (κ1) is 14.7. The second kappa shape index (κ2) is 7.21. The van der Waals surface area contributed by atoms with E-state index in [1.165, 1.54) is 23.7 Å². The van der Waals surface area contributed by atoms with Gasteiger partial charge in [-0.05, 0) is 41.5 Å². The minimum Gasteiger partial charge on any atom is -0.381 e. The molecule has 4 nitrogen and oxygen atoms in total. The van der Waals surface area contributed by atoms with Crippen LogP contribution in [-0.2, 0) is 11.3 Å². The lowest BCUT2D eigenvalue weighted by Gasteiger charge is -2.07. The van der Waals surface area contributed by atoms with E-state index in [4.69, 9.17) is 5.21 Å². The summed E-state index contributed by atoms with van der Waals surface area (Å²) in [7, 11) is 0. The number of nitrogens with one attached hydrogen (secondary N) is 2. The number of carbonyl (C=O) groups excluding carboxylic acids is 1. The molecule has 21 heavy (non-hydrogen) atoms. The molecule has 0 aliphatic carbocycles. The zero-order valence-electron chi connectivity index (χ0n) is 11.2. The maximum absolute atomic E-state index is 13.1. The highest BCUT2D eigenvalue weighted by molar-refractivity contribution is 5.90. The molecule has 0 radical (unpaired) electrons. The summed E-state index contributed by atoms with van der Waals surface area (Å²) < 4.78 is 13.1. The molecule has 0 spiro atoms. The van der Waals surface area contributed by atoms with Crippen LogP contribution in [0.5, 0.6) is 0 Å². The third-order valence-electron chi connectivity index (χ3n) is 2.81. The monoisotopic (exact) mass is 286 g/mol. The van der Waals surface area contributed by atoms with E-state index in [1.807, 2.05) is 24.3 Å². The van der Waals surface area contributed by atoms with Crippen molar-refractivity contribution in [3.8, 4) is 0 Å². The smallest absolute Gasteiger partial charge is 0.267 e. The molecule has 0 aliphatic rings. The Morgan fingerprint density at radius 3 is 2.76 bits per heavy atom. The average molecular weight is 286 g/mol. The minimum absolute atomic E-state index is 0.285. The van der Waals surface area contributed by atoms with Gasteiger partial charge in [-0.2, -0.15) is 0 Å². The first-order valence-corrected chi connectivity index (χ1v) is 6.38. The fourth-order valence-corrected chi connectivity index (χ4v) is 1.82. The van der Waals surface area contributed by atoms with Gasteiger partial charge in [0, 0.05) is 18.3 Å². The molecule has 0 saturated carbocycles. The van der Waals surface area contributed by atoms with Crippen molar-refractivity contribution in [1.29, 1.82) is 0 Å². The van der Waals surface area contributed by atoms with Gasteiger partial charge in [0.1, 0.15) is 5.82 Å². The van der Waals surface area contributed by atoms with E-state index in [0.29, 0.717) is 12.2 Å². The Bertz CT molecular complexity index is 656. The predicted molar refractivity (Wildman–Crippen MR) is 79.1 cm³/mol. The molecule has 0 atom stereocenters. The van der Waals surface area contributed by atoms with Crippen molar-refractivity contribution in [2.24, 2.45) is 0 Å². The largest absolute Gasteiger partial charge is 0.381 e. The van der Waals surface area contributed by atoms with Gasteiger partial charge < -0.3 is 5.32 Å². The van der Waals surface area contributed by atoms with Crippen LogP contribution in [0, 0.1) is 5.82 Å². The first-order chi connectivity index (χ1) is 10.2. The molecule has 0 aliphatic heterocycles. The van der Waals surface area contributed by atoms with Crippen LogP contribution in [0.25, 0.3) is 6.08 Å². The summed E-state index contributed by atoms with van der Waals surface area (Å²) >= 11 is 0. The van der Waals surface area contributed by atoms with Crippen molar-refractivity contribution in [2.75, 3.05) is 5.32 Å². The van der Waals surface area contributed by atoms with E-state index < -0.39 is 5.91 Å². The number of amides is 1. The number of halogens is 1. The zero-order valence-corrected chi connectivity index (χ0v) is 11.2. The van der Waals surface area contributed by atoms with Crippen LogP contribution in [-0.4, -0.2) is 11.1 Å². The molecule has 0 saturated heterocycles. The Hall–Kier alpha value is -2.66. The molecule has 2 rings (SSSR count). The van der Waals surface area contributed by atoms with Crippen molar-refractivity contribution in [3.63, 3.8) is 0 Å². The molecule has 2 aromatic carbocycles. The van der Waals surface area contributed by atoms with Gasteiger partial charge in [0.2, 0.25) is 0 Å². The van der Waals surface area contributed by atoms with Gasteiger partial charge in [0.05, 0.1) is 0 Å². The van der Waals surface area contributed by atoms with Crippen LogP contribution in [0.2, 0.25) is 0 Å². The van der Waals surface area contributed by atoms with Crippen LogP contribution in [0.3, 0.4) is 0 Å². The first-order valence-electron chi connectivity index (χ1n) is 6.38. The number of carbonyl (C=O) groups is 1. The summed E-state index contributed by atoms with van der Waals surface area (Å²) in [6, 6.07) is 13.8. The SMILES string of the molecule is O=C(/C=C/c1cccc(CNc2cccc(F)c2)c1)NO. The predicted octanol–water partition coefficient (Wildman–Crippen LogP) is 2.96. The van der Waals surface area contributed by atoms with Crippen LogP contribution < -0.4 is 10.8 Å². The number of anilines is 1.